The molecule has 2 aliphatic rings. The summed E-state index contributed by atoms with van der Waals surface area (Å²) in [6.07, 6.45) is 2.31. The molecule has 4 heteroatoms. The average molecular weight is 238 g/mol. The first-order valence-electron chi connectivity index (χ1n) is 6.52. The second-order valence-corrected chi connectivity index (χ2v) is 5.95. The molecule has 0 spiro atoms. The second-order valence-electron chi connectivity index (χ2n) is 5.95. The van der Waals surface area contributed by atoms with Crippen LogP contribution in [0.15, 0.2) is 0 Å². The Kier molecular flexibility index (Phi) is 3.15. The Labute approximate surface area is 103 Å². The van der Waals surface area contributed by atoms with Gasteiger partial charge in [0, 0.05) is 19.5 Å². The third-order valence-electron chi connectivity index (χ3n) is 4.12. The minimum absolute atomic E-state index is 0.00255. The van der Waals surface area contributed by atoms with Crippen molar-refractivity contribution in [3.63, 3.8) is 0 Å². The zero-order chi connectivity index (χ0) is 12.6. The summed E-state index contributed by atoms with van der Waals surface area (Å²) in [4.78, 5) is 25.6. The highest BCUT2D eigenvalue weighted by molar-refractivity contribution is 5.89. The van der Waals surface area contributed by atoms with Gasteiger partial charge in [-0.25, -0.2) is 0 Å². The Balaban J connectivity index is 2.00. The lowest BCUT2D eigenvalue weighted by molar-refractivity contribution is -0.133. The summed E-state index contributed by atoms with van der Waals surface area (Å²) < 4.78 is 0. The van der Waals surface area contributed by atoms with Crippen LogP contribution in [0.3, 0.4) is 0 Å². The Hall–Kier alpha value is -1.06. The van der Waals surface area contributed by atoms with Crippen molar-refractivity contribution in [2.45, 2.75) is 46.1 Å². The highest BCUT2D eigenvalue weighted by Crippen LogP contribution is 2.51. The molecule has 1 heterocycles. The maximum absolute atomic E-state index is 12.2. The number of amides is 2. The number of rotatable bonds is 3. The van der Waals surface area contributed by atoms with E-state index in [1.807, 2.05) is 11.8 Å². The van der Waals surface area contributed by atoms with Crippen LogP contribution in [0.4, 0.5) is 0 Å². The van der Waals surface area contributed by atoms with Gasteiger partial charge in [-0.05, 0) is 24.2 Å². The minimum Gasteiger partial charge on any atom is -0.344 e. The molecule has 1 aliphatic heterocycles. The van der Waals surface area contributed by atoms with Gasteiger partial charge in [0.05, 0.1) is 0 Å². The summed E-state index contributed by atoms with van der Waals surface area (Å²) in [5.41, 5.74) is 0.381. The van der Waals surface area contributed by atoms with Gasteiger partial charge < -0.3 is 10.2 Å². The quantitative estimate of drug-likeness (QED) is 0.802. The summed E-state index contributed by atoms with van der Waals surface area (Å²) in [6, 6.07) is -0.313. The molecule has 17 heavy (non-hydrogen) atoms. The molecule has 0 radical (unpaired) electrons. The van der Waals surface area contributed by atoms with Gasteiger partial charge in [-0.1, -0.05) is 20.8 Å². The average Bonchev–Trinajstić information content (AvgIpc) is 2.89. The van der Waals surface area contributed by atoms with Gasteiger partial charge in [0.15, 0.2) is 0 Å². The van der Waals surface area contributed by atoms with Crippen molar-refractivity contribution in [2.75, 3.05) is 13.1 Å². The first kappa shape index (κ1) is 12.4. The predicted molar refractivity (Wildman–Crippen MR) is 65.3 cm³/mol. The molecule has 0 aromatic heterocycles. The topological polar surface area (TPSA) is 49.4 Å². The van der Waals surface area contributed by atoms with E-state index in [1.54, 1.807) is 0 Å². The SMILES string of the molecule is CCC1NC(=O)CCN(CC2CC2(C)C)C1=O. The Bertz CT molecular complexity index is 338. The van der Waals surface area contributed by atoms with Gasteiger partial charge in [-0.3, -0.25) is 9.59 Å². The van der Waals surface area contributed by atoms with Gasteiger partial charge in [0.25, 0.3) is 0 Å². The molecule has 1 aliphatic carbocycles. The molecule has 96 valence electrons. The fourth-order valence-corrected chi connectivity index (χ4v) is 2.51. The van der Waals surface area contributed by atoms with Crippen LogP contribution in [0.2, 0.25) is 0 Å². The van der Waals surface area contributed by atoms with Crippen molar-refractivity contribution >= 4 is 11.8 Å². The van der Waals surface area contributed by atoms with Gasteiger partial charge in [-0.2, -0.15) is 0 Å². The fraction of sp³-hybridized carbons (Fsp3) is 0.846. The zero-order valence-electron chi connectivity index (χ0n) is 11.0. The van der Waals surface area contributed by atoms with Crippen molar-refractivity contribution in [3.8, 4) is 0 Å². The number of hydrogen-bond acceptors (Lipinski definition) is 2. The largest absolute Gasteiger partial charge is 0.344 e. The van der Waals surface area contributed by atoms with Gasteiger partial charge >= 0.3 is 0 Å². The number of hydrogen-bond donors (Lipinski definition) is 1. The lowest BCUT2D eigenvalue weighted by Gasteiger charge is -2.24. The van der Waals surface area contributed by atoms with Gasteiger partial charge in [0.2, 0.25) is 11.8 Å². The summed E-state index contributed by atoms with van der Waals surface area (Å²) in [6.45, 7) is 7.81. The van der Waals surface area contributed by atoms with Crippen molar-refractivity contribution in [2.24, 2.45) is 11.3 Å². The highest BCUT2D eigenvalue weighted by Gasteiger charge is 2.47. The minimum atomic E-state index is -0.313. The molecular formula is C13H22N2O2. The molecule has 1 saturated heterocycles. The Morgan fingerprint density at radius 1 is 1.41 bits per heavy atom. The molecule has 4 nitrogen and oxygen atoms in total. The van der Waals surface area contributed by atoms with E-state index in [0.29, 0.717) is 30.7 Å². The van der Waals surface area contributed by atoms with Crippen molar-refractivity contribution in [1.82, 2.24) is 10.2 Å². The normalized spacial score (nSPS) is 32.1. The van der Waals surface area contributed by atoms with Crippen LogP contribution >= 0.6 is 0 Å². The lowest BCUT2D eigenvalue weighted by Crippen LogP contribution is -2.45. The van der Waals surface area contributed by atoms with Crippen LogP contribution < -0.4 is 5.32 Å². The van der Waals surface area contributed by atoms with Crippen LogP contribution in [0.5, 0.6) is 0 Å². The van der Waals surface area contributed by atoms with Gasteiger partial charge in [0.1, 0.15) is 6.04 Å². The molecule has 1 N–H and O–H groups in total. The van der Waals surface area contributed by atoms with Crippen LogP contribution in [0.25, 0.3) is 0 Å². The third kappa shape index (κ3) is 2.61. The molecule has 2 fully saturated rings. The molecule has 0 aromatic carbocycles. The molecule has 0 bridgehead atoms. The van der Waals surface area contributed by atoms with E-state index in [4.69, 9.17) is 0 Å². The molecule has 0 aromatic rings. The predicted octanol–water partition coefficient (Wildman–Crippen LogP) is 1.16. The molecule has 2 amide bonds. The van der Waals surface area contributed by atoms with Crippen LogP contribution in [-0.4, -0.2) is 35.8 Å². The van der Waals surface area contributed by atoms with E-state index in [0.717, 1.165) is 6.54 Å². The first-order chi connectivity index (χ1) is 7.94. The van der Waals surface area contributed by atoms with E-state index in [9.17, 15) is 9.59 Å². The van der Waals surface area contributed by atoms with E-state index in [2.05, 4.69) is 19.2 Å². The standard InChI is InChI=1S/C13H22N2O2/c1-4-10-12(17)15(6-5-11(16)14-10)8-9-7-13(9,2)3/h9-10H,4-8H2,1-3H3,(H,14,16). The number of nitrogens with zero attached hydrogens (tertiary/aromatic N) is 1. The second kappa shape index (κ2) is 4.31. The van der Waals surface area contributed by atoms with E-state index in [-0.39, 0.29) is 17.9 Å². The monoisotopic (exact) mass is 238 g/mol. The maximum Gasteiger partial charge on any atom is 0.245 e. The molecule has 2 unspecified atom stereocenters. The molecule has 2 rings (SSSR count). The van der Waals surface area contributed by atoms with E-state index >= 15 is 0 Å². The summed E-state index contributed by atoms with van der Waals surface area (Å²) in [5.74, 6) is 0.709. The summed E-state index contributed by atoms with van der Waals surface area (Å²) >= 11 is 0. The fourth-order valence-electron chi connectivity index (χ4n) is 2.51. The number of nitrogens with one attached hydrogen (secondary N) is 1. The van der Waals surface area contributed by atoms with Crippen LogP contribution in [0.1, 0.15) is 40.0 Å². The van der Waals surface area contributed by atoms with E-state index in [1.165, 1.54) is 6.42 Å². The number of carbonyl (C=O) groups is 2. The van der Waals surface area contributed by atoms with Gasteiger partial charge in [-0.15, -0.1) is 0 Å². The highest BCUT2D eigenvalue weighted by atomic mass is 16.2. The van der Waals surface area contributed by atoms with Crippen molar-refractivity contribution in [1.29, 1.82) is 0 Å². The first-order valence-corrected chi connectivity index (χ1v) is 6.52. The zero-order valence-corrected chi connectivity index (χ0v) is 11.0. The van der Waals surface area contributed by atoms with Crippen molar-refractivity contribution in [3.05, 3.63) is 0 Å². The molecule has 2 atom stereocenters. The van der Waals surface area contributed by atoms with E-state index < -0.39 is 0 Å². The van der Waals surface area contributed by atoms with Crippen molar-refractivity contribution < 1.29 is 9.59 Å². The smallest absolute Gasteiger partial charge is 0.245 e. The maximum atomic E-state index is 12.2. The number of carbonyl (C=O) groups excluding carboxylic acids is 2. The third-order valence-corrected chi connectivity index (χ3v) is 4.12. The lowest BCUT2D eigenvalue weighted by atomic mass is 10.1. The Morgan fingerprint density at radius 3 is 2.59 bits per heavy atom. The Morgan fingerprint density at radius 2 is 2.06 bits per heavy atom. The molecular weight excluding hydrogens is 216 g/mol. The van der Waals surface area contributed by atoms with Crippen LogP contribution in [0, 0.1) is 11.3 Å². The molecule has 1 saturated carbocycles. The summed E-state index contributed by atoms with van der Waals surface area (Å²) in [5, 5.41) is 2.79. The van der Waals surface area contributed by atoms with Crippen LogP contribution in [-0.2, 0) is 9.59 Å². The summed E-state index contributed by atoms with van der Waals surface area (Å²) in [7, 11) is 0.